The first kappa shape index (κ1) is 18.6. The lowest BCUT2D eigenvalue weighted by molar-refractivity contribution is -0.155. The highest BCUT2D eigenvalue weighted by Crippen LogP contribution is 2.27. The number of halogens is 1. The lowest BCUT2D eigenvalue weighted by atomic mass is 9.84. The number of nitrogens with zero attached hydrogens (tertiary/aromatic N) is 1. The SMILES string of the molecule is COC(=O)C1C(=O)CCN(Cc2ccc(Cl)cc2)C1Cc1ccccc1. The molecule has 0 saturated carbocycles. The van der Waals surface area contributed by atoms with Crippen LogP contribution in [-0.4, -0.2) is 36.3 Å². The lowest BCUT2D eigenvalue weighted by Gasteiger charge is -2.39. The van der Waals surface area contributed by atoms with E-state index in [1.807, 2.05) is 54.6 Å². The van der Waals surface area contributed by atoms with Crippen LogP contribution in [0.4, 0.5) is 0 Å². The van der Waals surface area contributed by atoms with Gasteiger partial charge in [0.25, 0.3) is 0 Å². The second-order valence-corrected chi connectivity index (χ2v) is 7.01. The summed E-state index contributed by atoms with van der Waals surface area (Å²) in [7, 11) is 1.34. The number of rotatable bonds is 5. The van der Waals surface area contributed by atoms with Crippen LogP contribution in [0.5, 0.6) is 0 Å². The standard InChI is InChI=1S/C21H22ClNO3/c1-26-21(25)20-18(13-15-5-3-2-4-6-15)23(12-11-19(20)24)14-16-7-9-17(22)10-8-16/h2-10,18,20H,11-14H2,1H3. The Balaban J connectivity index is 1.88. The molecule has 1 fully saturated rings. The van der Waals surface area contributed by atoms with Crippen LogP contribution >= 0.6 is 11.6 Å². The Bertz CT molecular complexity index is 753. The highest BCUT2D eigenvalue weighted by atomic mass is 35.5. The van der Waals surface area contributed by atoms with Crippen LogP contribution in [0.1, 0.15) is 17.5 Å². The van der Waals surface area contributed by atoms with E-state index in [2.05, 4.69) is 4.90 Å². The van der Waals surface area contributed by atoms with E-state index in [0.29, 0.717) is 31.0 Å². The van der Waals surface area contributed by atoms with Crippen molar-refractivity contribution in [2.24, 2.45) is 5.92 Å². The molecule has 3 rings (SSSR count). The molecule has 1 aliphatic heterocycles. The molecule has 0 aromatic heterocycles. The fourth-order valence-electron chi connectivity index (χ4n) is 3.54. The van der Waals surface area contributed by atoms with Crippen molar-refractivity contribution in [3.05, 3.63) is 70.7 Å². The van der Waals surface area contributed by atoms with Gasteiger partial charge in [0, 0.05) is 30.6 Å². The van der Waals surface area contributed by atoms with E-state index in [4.69, 9.17) is 16.3 Å². The lowest BCUT2D eigenvalue weighted by Crippen LogP contribution is -2.53. The number of Topliss-reactive ketones (excluding diaryl/α,β-unsaturated/α-hetero) is 1. The van der Waals surface area contributed by atoms with Gasteiger partial charge in [0.15, 0.2) is 0 Å². The summed E-state index contributed by atoms with van der Waals surface area (Å²) in [5, 5.41) is 0.691. The highest BCUT2D eigenvalue weighted by Gasteiger charge is 2.42. The van der Waals surface area contributed by atoms with E-state index in [1.54, 1.807) is 0 Å². The molecule has 0 aliphatic carbocycles. The van der Waals surface area contributed by atoms with Gasteiger partial charge in [0.1, 0.15) is 11.7 Å². The maximum atomic E-state index is 12.5. The fourth-order valence-corrected chi connectivity index (χ4v) is 3.67. The topological polar surface area (TPSA) is 46.6 Å². The summed E-state index contributed by atoms with van der Waals surface area (Å²) >= 11 is 5.97. The van der Waals surface area contributed by atoms with Gasteiger partial charge in [-0.3, -0.25) is 14.5 Å². The van der Waals surface area contributed by atoms with Crippen molar-refractivity contribution in [3.8, 4) is 0 Å². The van der Waals surface area contributed by atoms with Gasteiger partial charge in [-0.1, -0.05) is 54.1 Å². The maximum Gasteiger partial charge on any atom is 0.317 e. The monoisotopic (exact) mass is 371 g/mol. The minimum atomic E-state index is -0.749. The van der Waals surface area contributed by atoms with E-state index in [1.165, 1.54) is 7.11 Å². The van der Waals surface area contributed by atoms with Gasteiger partial charge < -0.3 is 4.74 Å². The third-order valence-corrected chi connectivity index (χ3v) is 5.14. The Morgan fingerprint density at radius 2 is 1.81 bits per heavy atom. The zero-order chi connectivity index (χ0) is 18.5. The molecular weight excluding hydrogens is 350 g/mol. The van der Waals surface area contributed by atoms with Crippen LogP contribution in [0.15, 0.2) is 54.6 Å². The molecule has 4 nitrogen and oxygen atoms in total. The molecule has 2 unspecified atom stereocenters. The van der Waals surface area contributed by atoms with Gasteiger partial charge in [-0.15, -0.1) is 0 Å². The normalized spacial score (nSPS) is 20.8. The fraction of sp³-hybridized carbons (Fsp3) is 0.333. The predicted molar refractivity (Wildman–Crippen MR) is 101 cm³/mol. The largest absolute Gasteiger partial charge is 0.468 e. The van der Waals surface area contributed by atoms with Crippen LogP contribution in [0.2, 0.25) is 5.02 Å². The molecule has 5 heteroatoms. The second kappa shape index (κ2) is 8.47. The van der Waals surface area contributed by atoms with Gasteiger partial charge >= 0.3 is 5.97 Å². The number of hydrogen-bond donors (Lipinski definition) is 0. The van der Waals surface area contributed by atoms with Crippen molar-refractivity contribution >= 4 is 23.4 Å². The molecule has 0 bridgehead atoms. The number of carbonyl (C=O) groups is 2. The minimum Gasteiger partial charge on any atom is -0.468 e. The van der Waals surface area contributed by atoms with Gasteiger partial charge in [-0.2, -0.15) is 0 Å². The van der Waals surface area contributed by atoms with Crippen LogP contribution in [0.25, 0.3) is 0 Å². The molecule has 1 heterocycles. The number of methoxy groups -OCH3 is 1. The second-order valence-electron chi connectivity index (χ2n) is 6.57. The summed E-state index contributed by atoms with van der Waals surface area (Å²) < 4.78 is 4.94. The number of likely N-dealkylation sites (tertiary alicyclic amines) is 1. The number of benzene rings is 2. The first-order chi connectivity index (χ1) is 12.6. The first-order valence-corrected chi connectivity index (χ1v) is 9.09. The van der Waals surface area contributed by atoms with Crippen molar-refractivity contribution in [2.75, 3.05) is 13.7 Å². The van der Waals surface area contributed by atoms with E-state index in [-0.39, 0.29) is 11.8 Å². The molecule has 26 heavy (non-hydrogen) atoms. The van der Waals surface area contributed by atoms with Gasteiger partial charge in [0.05, 0.1) is 7.11 Å². The smallest absolute Gasteiger partial charge is 0.317 e. The summed E-state index contributed by atoms with van der Waals surface area (Å²) in [5.41, 5.74) is 2.20. The highest BCUT2D eigenvalue weighted by molar-refractivity contribution is 6.30. The van der Waals surface area contributed by atoms with Crippen molar-refractivity contribution in [1.82, 2.24) is 4.90 Å². The number of hydrogen-bond acceptors (Lipinski definition) is 4. The number of ether oxygens (including phenoxy) is 1. The van der Waals surface area contributed by atoms with Crippen molar-refractivity contribution in [2.45, 2.75) is 25.4 Å². The molecule has 136 valence electrons. The molecule has 0 spiro atoms. The average Bonchev–Trinajstić information content (AvgIpc) is 2.66. The maximum absolute atomic E-state index is 12.5. The Morgan fingerprint density at radius 1 is 1.12 bits per heavy atom. The van der Waals surface area contributed by atoms with Gasteiger partial charge in [-0.05, 0) is 29.7 Å². The molecule has 0 radical (unpaired) electrons. The molecule has 2 aromatic carbocycles. The van der Waals surface area contributed by atoms with Crippen molar-refractivity contribution < 1.29 is 14.3 Å². The Labute approximate surface area is 158 Å². The third kappa shape index (κ3) is 4.32. The Hall–Kier alpha value is -2.17. The molecule has 2 atom stereocenters. The molecule has 1 saturated heterocycles. The van der Waals surface area contributed by atoms with E-state index in [0.717, 1.165) is 11.1 Å². The van der Waals surface area contributed by atoms with Crippen molar-refractivity contribution in [3.63, 3.8) is 0 Å². The van der Waals surface area contributed by atoms with Gasteiger partial charge in [0.2, 0.25) is 0 Å². The van der Waals surface area contributed by atoms with E-state index < -0.39 is 11.9 Å². The molecule has 0 N–H and O–H groups in total. The van der Waals surface area contributed by atoms with Gasteiger partial charge in [-0.25, -0.2) is 0 Å². The predicted octanol–water partition coefficient (Wildman–Crippen LogP) is 3.52. The number of piperidine rings is 1. The zero-order valence-electron chi connectivity index (χ0n) is 14.7. The quantitative estimate of drug-likeness (QED) is 0.596. The molecule has 0 amide bonds. The van der Waals surface area contributed by atoms with Crippen LogP contribution in [0, 0.1) is 5.92 Å². The van der Waals surface area contributed by atoms with Crippen LogP contribution < -0.4 is 0 Å². The Kier molecular flexibility index (Phi) is 6.07. The molecule has 2 aromatic rings. The minimum absolute atomic E-state index is 0.0369. The summed E-state index contributed by atoms with van der Waals surface area (Å²) in [6.07, 6.45) is 0.985. The number of ketones is 1. The Morgan fingerprint density at radius 3 is 2.46 bits per heavy atom. The molecular formula is C21H22ClNO3. The summed E-state index contributed by atoms with van der Waals surface area (Å²) in [4.78, 5) is 27.0. The summed E-state index contributed by atoms with van der Waals surface area (Å²) in [6.45, 7) is 1.29. The first-order valence-electron chi connectivity index (χ1n) is 8.71. The van der Waals surface area contributed by atoms with Crippen LogP contribution in [-0.2, 0) is 27.3 Å². The summed E-state index contributed by atoms with van der Waals surface area (Å²) in [5.74, 6) is -1.23. The molecule has 1 aliphatic rings. The van der Waals surface area contributed by atoms with E-state index in [9.17, 15) is 9.59 Å². The number of carbonyl (C=O) groups excluding carboxylic acids is 2. The average molecular weight is 372 g/mol. The van der Waals surface area contributed by atoms with Crippen molar-refractivity contribution in [1.29, 1.82) is 0 Å². The summed E-state index contributed by atoms with van der Waals surface area (Å²) in [6, 6.07) is 17.4. The van der Waals surface area contributed by atoms with Crippen LogP contribution in [0.3, 0.4) is 0 Å². The van der Waals surface area contributed by atoms with E-state index >= 15 is 0 Å². The zero-order valence-corrected chi connectivity index (χ0v) is 15.5. The number of esters is 1. The third-order valence-electron chi connectivity index (χ3n) is 4.89.